The van der Waals surface area contributed by atoms with Gasteiger partial charge in [0.25, 0.3) is 5.91 Å². The van der Waals surface area contributed by atoms with Crippen LogP contribution in [0.4, 0.5) is 0 Å². The second-order valence-corrected chi connectivity index (χ2v) is 8.46. The fourth-order valence-electron chi connectivity index (χ4n) is 3.98. The number of carboxylic acid groups (broad SMARTS) is 1. The predicted octanol–water partition coefficient (Wildman–Crippen LogP) is 0.871. The molecule has 1 aromatic heterocycles. The molecule has 3 rings (SSSR count). The topological polar surface area (TPSA) is 166 Å². The number of piperazine rings is 1. The van der Waals surface area contributed by atoms with E-state index < -0.39 is 23.3 Å². The Hall–Kier alpha value is -3.73. The van der Waals surface area contributed by atoms with Gasteiger partial charge in [0.1, 0.15) is 5.84 Å². The molecule has 3 amide bonds. The summed E-state index contributed by atoms with van der Waals surface area (Å²) in [5, 5.41) is 25.9. The molecule has 0 spiro atoms. The Morgan fingerprint density at radius 1 is 1.21 bits per heavy atom. The first-order valence-electron chi connectivity index (χ1n) is 10.3. The minimum absolute atomic E-state index is 0.0916. The Morgan fingerprint density at radius 3 is 2.52 bits per heavy atom. The predicted molar refractivity (Wildman–Crippen MR) is 122 cm³/mol. The van der Waals surface area contributed by atoms with Gasteiger partial charge in [-0.15, -0.1) is 0 Å². The van der Waals surface area contributed by atoms with Gasteiger partial charge in [-0.25, -0.2) is 0 Å². The van der Waals surface area contributed by atoms with E-state index in [9.17, 15) is 24.3 Å². The summed E-state index contributed by atoms with van der Waals surface area (Å²) >= 11 is 1.38. The van der Waals surface area contributed by atoms with E-state index in [-0.39, 0.29) is 44.2 Å². The summed E-state index contributed by atoms with van der Waals surface area (Å²) in [6, 6.07) is 8.06. The van der Waals surface area contributed by atoms with Crippen LogP contribution >= 0.6 is 11.3 Å². The van der Waals surface area contributed by atoms with Gasteiger partial charge in [-0.1, -0.05) is 12.1 Å². The van der Waals surface area contributed by atoms with E-state index in [1.165, 1.54) is 16.2 Å². The van der Waals surface area contributed by atoms with Crippen LogP contribution in [-0.2, 0) is 19.9 Å². The van der Waals surface area contributed by atoms with Gasteiger partial charge in [-0.05, 0) is 47.4 Å². The molecule has 1 saturated heterocycles. The number of nitrogen functional groups attached to an aromatic ring is 1. The molecule has 11 heteroatoms. The normalized spacial score (nSPS) is 15.5. The second kappa shape index (κ2) is 10.3. The van der Waals surface area contributed by atoms with Crippen LogP contribution in [0.15, 0.2) is 41.1 Å². The second-order valence-electron chi connectivity index (χ2n) is 7.68. The number of carbonyl (C=O) groups excluding carboxylic acids is 3. The van der Waals surface area contributed by atoms with Crippen LogP contribution < -0.4 is 16.4 Å². The van der Waals surface area contributed by atoms with Crippen LogP contribution in [0.1, 0.15) is 40.7 Å². The van der Waals surface area contributed by atoms with Gasteiger partial charge < -0.3 is 26.4 Å². The van der Waals surface area contributed by atoms with Gasteiger partial charge in [0.15, 0.2) is 0 Å². The zero-order valence-electron chi connectivity index (χ0n) is 17.8. The monoisotopic (exact) mass is 471 g/mol. The molecule has 2 aromatic rings. The van der Waals surface area contributed by atoms with Crippen LogP contribution in [0, 0.1) is 5.41 Å². The Balaban J connectivity index is 1.74. The fourth-order valence-corrected chi connectivity index (χ4v) is 4.72. The maximum atomic E-state index is 12.7. The van der Waals surface area contributed by atoms with Crippen molar-refractivity contribution >= 4 is 40.9 Å². The van der Waals surface area contributed by atoms with E-state index in [1.807, 2.05) is 0 Å². The van der Waals surface area contributed by atoms with E-state index in [1.54, 1.807) is 41.1 Å². The summed E-state index contributed by atoms with van der Waals surface area (Å²) < 4.78 is 0. The molecular formula is C22H25N5O5S. The molecule has 6 N–H and O–H groups in total. The molecule has 1 aromatic carbocycles. The third kappa shape index (κ3) is 5.37. The van der Waals surface area contributed by atoms with Crippen LogP contribution in [0.3, 0.4) is 0 Å². The number of carbonyl (C=O) groups is 4. The highest BCUT2D eigenvalue weighted by molar-refractivity contribution is 7.08. The van der Waals surface area contributed by atoms with Gasteiger partial charge in [0.2, 0.25) is 0 Å². The average molecular weight is 472 g/mol. The number of hydrogen-bond acceptors (Lipinski definition) is 6. The molecule has 1 atom stereocenters. The maximum absolute atomic E-state index is 12.7. The molecule has 0 aliphatic carbocycles. The number of nitrogens with zero attached hydrogens (tertiary/aromatic N) is 1. The van der Waals surface area contributed by atoms with E-state index >= 15 is 0 Å². The van der Waals surface area contributed by atoms with Crippen LogP contribution in [0.2, 0.25) is 0 Å². The highest BCUT2D eigenvalue weighted by Gasteiger charge is 2.46. The molecule has 2 heterocycles. The van der Waals surface area contributed by atoms with Gasteiger partial charge in [0, 0.05) is 30.8 Å². The Morgan fingerprint density at radius 2 is 1.91 bits per heavy atom. The lowest BCUT2D eigenvalue weighted by molar-refractivity contribution is -0.157. The van der Waals surface area contributed by atoms with Crippen LogP contribution in [0.25, 0.3) is 0 Å². The molecule has 1 fully saturated rings. The molecule has 1 unspecified atom stereocenters. The first-order valence-corrected chi connectivity index (χ1v) is 11.3. The Labute approximate surface area is 194 Å². The van der Waals surface area contributed by atoms with Crippen molar-refractivity contribution in [3.63, 3.8) is 0 Å². The van der Waals surface area contributed by atoms with Gasteiger partial charge in [-0.2, -0.15) is 11.3 Å². The van der Waals surface area contributed by atoms with Crippen molar-refractivity contribution < 1.29 is 24.3 Å². The maximum Gasteiger partial charge on any atom is 0.312 e. The number of aliphatic carboxylic acids is 1. The molecular weight excluding hydrogens is 446 g/mol. The standard InChI is InChI=1S/C22H25N5O5S/c23-18(24)14-2-4-15(5-3-14)19(30)25-8-1-7-22(12-17(28)29,16-6-11-33-13-16)27-10-9-26-20(31)21(27)32/h2-6,11,13H,1,7-10,12H2,(H3,23,24)(H,25,30)(H,26,31)(H,28,29). The number of nitrogens with two attached hydrogens (primary N) is 1. The lowest BCUT2D eigenvalue weighted by Gasteiger charge is -2.44. The number of nitrogens with one attached hydrogen (secondary N) is 3. The lowest BCUT2D eigenvalue weighted by Crippen LogP contribution is -2.60. The minimum atomic E-state index is -1.20. The van der Waals surface area contributed by atoms with Crippen molar-refractivity contribution in [1.29, 1.82) is 5.41 Å². The summed E-state index contributed by atoms with van der Waals surface area (Å²) in [5.41, 5.74) is 5.79. The van der Waals surface area contributed by atoms with Crippen LogP contribution in [0.5, 0.6) is 0 Å². The van der Waals surface area contributed by atoms with Crippen LogP contribution in [-0.4, -0.2) is 59.2 Å². The zero-order valence-corrected chi connectivity index (χ0v) is 18.6. The number of amidine groups is 1. The summed E-state index contributed by atoms with van der Waals surface area (Å²) in [6.45, 7) is 0.679. The molecule has 1 aliphatic rings. The Kier molecular flexibility index (Phi) is 7.44. The third-order valence-corrected chi connectivity index (χ3v) is 6.27. The number of thiophene rings is 1. The molecule has 33 heavy (non-hydrogen) atoms. The summed E-state index contributed by atoms with van der Waals surface area (Å²) in [5.74, 6) is -3.02. The molecule has 0 radical (unpaired) electrons. The number of carboxylic acids is 1. The minimum Gasteiger partial charge on any atom is -0.481 e. The summed E-state index contributed by atoms with van der Waals surface area (Å²) in [4.78, 5) is 50.3. The van der Waals surface area contributed by atoms with E-state index in [2.05, 4.69) is 10.6 Å². The van der Waals surface area contributed by atoms with Gasteiger partial charge in [-0.3, -0.25) is 24.6 Å². The van der Waals surface area contributed by atoms with E-state index in [0.717, 1.165) is 0 Å². The quantitative estimate of drug-likeness (QED) is 0.149. The van der Waals surface area contributed by atoms with E-state index in [4.69, 9.17) is 11.1 Å². The summed E-state index contributed by atoms with van der Waals surface area (Å²) in [6.07, 6.45) is 0.271. The Bertz CT molecular complexity index is 1050. The van der Waals surface area contributed by atoms with Crippen molar-refractivity contribution in [2.45, 2.75) is 24.8 Å². The third-order valence-electron chi connectivity index (χ3n) is 5.59. The highest BCUT2D eigenvalue weighted by atomic mass is 32.1. The number of amides is 3. The van der Waals surface area contributed by atoms with Crippen molar-refractivity contribution in [2.24, 2.45) is 5.73 Å². The molecule has 0 saturated carbocycles. The van der Waals surface area contributed by atoms with Crippen molar-refractivity contribution in [3.05, 3.63) is 57.8 Å². The van der Waals surface area contributed by atoms with Gasteiger partial charge >= 0.3 is 17.8 Å². The first kappa shape index (κ1) is 23.9. The average Bonchev–Trinajstić information content (AvgIpc) is 3.33. The number of hydrogen-bond donors (Lipinski definition) is 5. The van der Waals surface area contributed by atoms with Crippen molar-refractivity contribution in [1.82, 2.24) is 15.5 Å². The number of rotatable bonds is 10. The highest BCUT2D eigenvalue weighted by Crippen LogP contribution is 2.39. The van der Waals surface area contributed by atoms with Crippen molar-refractivity contribution in [3.8, 4) is 0 Å². The van der Waals surface area contributed by atoms with Crippen molar-refractivity contribution in [2.75, 3.05) is 19.6 Å². The zero-order chi connectivity index (χ0) is 24.0. The molecule has 0 bridgehead atoms. The van der Waals surface area contributed by atoms with E-state index in [0.29, 0.717) is 23.1 Å². The van der Waals surface area contributed by atoms with Gasteiger partial charge in [0.05, 0.1) is 12.0 Å². The molecule has 10 nitrogen and oxygen atoms in total. The number of benzene rings is 1. The largest absolute Gasteiger partial charge is 0.481 e. The smallest absolute Gasteiger partial charge is 0.312 e. The first-order chi connectivity index (χ1) is 15.7. The molecule has 174 valence electrons. The lowest BCUT2D eigenvalue weighted by atomic mass is 9.81. The SMILES string of the molecule is N=C(N)c1ccc(C(=O)NCCCC(CC(=O)O)(c2ccsc2)N2CCNC(=O)C2=O)cc1. The summed E-state index contributed by atoms with van der Waals surface area (Å²) in [7, 11) is 0. The molecule has 1 aliphatic heterocycles. The fraction of sp³-hybridized carbons (Fsp3) is 0.318.